The molecule has 0 aromatic carbocycles. The predicted molar refractivity (Wildman–Crippen MR) is 63.6 cm³/mol. The Balaban J connectivity index is 0.000000583. The van der Waals surface area contributed by atoms with Gasteiger partial charge in [0.15, 0.2) is 0 Å². The Hall–Kier alpha value is -1.97. The lowest BCUT2D eigenvalue weighted by Gasteiger charge is -2.01. The van der Waals surface area contributed by atoms with Crippen molar-refractivity contribution in [3.05, 3.63) is 43.4 Å². The first kappa shape index (κ1) is 13.0. The summed E-state index contributed by atoms with van der Waals surface area (Å²) in [6.07, 6.45) is 6.47. The molecule has 4 nitrogen and oxygen atoms in total. The van der Waals surface area contributed by atoms with Gasteiger partial charge in [-0.25, -0.2) is 4.98 Å². The van der Waals surface area contributed by atoms with Crippen LogP contribution in [0.3, 0.4) is 0 Å². The van der Waals surface area contributed by atoms with E-state index in [0.29, 0.717) is 5.88 Å². The monoisotopic (exact) mass is 207 g/mol. The van der Waals surface area contributed by atoms with E-state index in [1.807, 2.05) is 13.0 Å². The van der Waals surface area contributed by atoms with Crippen LogP contribution in [0, 0.1) is 0 Å². The first-order valence-electron chi connectivity index (χ1n) is 4.48. The molecule has 3 N–H and O–H groups in total. The fourth-order valence-corrected chi connectivity index (χ4v) is 0.755. The standard InChI is InChI=1S/C8H11N3O.C3H6/c1-12-8-6-7(2-4-11-8)10-5-3-9;1-3-2/h2-6H,9H2,1H3,(H,10,11);3H,1H2,2H3/b5-3+;. The van der Waals surface area contributed by atoms with Gasteiger partial charge in [0.1, 0.15) is 0 Å². The molecule has 1 aromatic rings. The molecule has 0 aliphatic rings. The van der Waals surface area contributed by atoms with Gasteiger partial charge in [-0.3, -0.25) is 0 Å². The van der Waals surface area contributed by atoms with Crippen molar-refractivity contribution in [3.8, 4) is 5.88 Å². The van der Waals surface area contributed by atoms with Crippen LogP contribution in [-0.2, 0) is 0 Å². The Kier molecular flexibility index (Phi) is 7.49. The van der Waals surface area contributed by atoms with Crippen molar-refractivity contribution in [2.75, 3.05) is 12.4 Å². The van der Waals surface area contributed by atoms with Crippen LogP contribution in [0.15, 0.2) is 43.4 Å². The van der Waals surface area contributed by atoms with Gasteiger partial charge in [0.05, 0.1) is 7.11 Å². The zero-order chi connectivity index (χ0) is 11.5. The number of nitrogens with one attached hydrogen (secondary N) is 1. The van der Waals surface area contributed by atoms with E-state index < -0.39 is 0 Å². The summed E-state index contributed by atoms with van der Waals surface area (Å²) in [6.45, 7) is 5.25. The number of anilines is 1. The quantitative estimate of drug-likeness (QED) is 0.745. The SMILES string of the molecule is C=CC.COc1cc(N/C=C/N)ccn1. The molecule has 0 saturated heterocycles. The zero-order valence-electron chi connectivity index (χ0n) is 9.10. The third-order valence-electron chi connectivity index (χ3n) is 1.29. The molecule has 0 fully saturated rings. The summed E-state index contributed by atoms with van der Waals surface area (Å²) in [5.41, 5.74) is 6.05. The number of nitrogens with zero attached hydrogens (tertiary/aromatic N) is 1. The first-order chi connectivity index (χ1) is 7.28. The summed E-state index contributed by atoms with van der Waals surface area (Å²) in [6, 6.07) is 3.60. The zero-order valence-corrected chi connectivity index (χ0v) is 9.10. The molecule has 1 heterocycles. The van der Waals surface area contributed by atoms with E-state index >= 15 is 0 Å². The number of aromatic nitrogens is 1. The van der Waals surface area contributed by atoms with Gasteiger partial charge in [-0.15, -0.1) is 6.58 Å². The Labute approximate surface area is 90.5 Å². The number of pyridine rings is 1. The summed E-state index contributed by atoms with van der Waals surface area (Å²) < 4.78 is 4.93. The van der Waals surface area contributed by atoms with Crippen molar-refractivity contribution in [2.24, 2.45) is 5.73 Å². The molecule has 0 saturated carbocycles. The van der Waals surface area contributed by atoms with E-state index in [-0.39, 0.29) is 0 Å². The van der Waals surface area contributed by atoms with Crippen molar-refractivity contribution >= 4 is 5.69 Å². The van der Waals surface area contributed by atoms with Crippen molar-refractivity contribution in [1.82, 2.24) is 4.98 Å². The van der Waals surface area contributed by atoms with Gasteiger partial charge in [-0.1, -0.05) is 6.08 Å². The van der Waals surface area contributed by atoms with Crippen LogP contribution in [-0.4, -0.2) is 12.1 Å². The maximum atomic E-state index is 5.16. The maximum Gasteiger partial charge on any atom is 0.214 e. The average Bonchev–Trinajstić information content (AvgIpc) is 2.28. The summed E-state index contributed by atoms with van der Waals surface area (Å²) in [7, 11) is 1.57. The number of ether oxygens (including phenoxy) is 1. The van der Waals surface area contributed by atoms with Gasteiger partial charge in [0.25, 0.3) is 0 Å². The lowest BCUT2D eigenvalue weighted by atomic mass is 10.4. The normalized spacial score (nSPS) is 8.93. The highest BCUT2D eigenvalue weighted by atomic mass is 16.5. The highest BCUT2D eigenvalue weighted by Gasteiger charge is 1.92. The van der Waals surface area contributed by atoms with Crippen molar-refractivity contribution in [1.29, 1.82) is 0 Å². The molecule has 0 unspecified atom stereocenters. The largest absolute Gasteiger partial charge is 0.481 e. The average molecular weight is 207 g/mol. The third-order valence-corrected chi connectivity index (χ3v) is 1.29. The fraction of sp³-hybridized carbons (Fsp3) is 0.182. The topological polar surface area (TPSA) is 60.2 Å². The number of methoxy groups -OCH3 is 1. The minimum absolute atomic E-state index is 0.574. The van der Waals surface area contributed by atoms with Gasteiger partial charge < -0.3 is 15.8 Å². The van der Waals surface area contributed by atoms with E-state index in [1.54, 1.807) is 31.6 Å². The van der Waals surface area contributed by atoms with Crippen molar-refractivity contribution in [2.45, 2.75) is 6.92 Å². The molecular weight excluding hydrogens is 190 g/mol. The van der Waals surface area contributed by atoms with Crippen LogP contribution in [0.2, 0.25) is 0 Å². The lowest BCUT2D eigenvalue weighted by molar-refractivity contribution is 0.398. The highest BCUT2D eigenvalue weighted by Crippen LogP contribution is 2.12. The van der Waals surface area contributed by atoms with Gasteiger partial charge >= 0.3 is 0 Å². The molecule has 0 bridgehead atoms. The Morgan fingerprint density at radius 2 is 2.27 bits per heavy atom. The lowest BCUT2D eigenvalue weighted by Crippen LogP contribution is -1.92. The van der Waals surface area contributed by atoms with E-state index in [1.165, 1.54) is 6.20 Å². The van der Waals surface area contributed by atoms with Crippen LogP contribution in [0.4, 0.5) is 5.69 Å². The minimum Gasteiger partial charge on any atom is -0.481 e. The predicted octanol–water partition coefficient (Wildman–Crippen LogP) is 2.12. The summed E-state index contributed by atoms with van der Waals surface area (Å²) in [5.74, 6) is 0.574. The molecule has 0 aliphatic heterocycles. The molecule has 0 spiro atoms. The second kappa shape index (κ2) is 8.62. The van der Waals surface area contributed by atoms with Crippen LogP contribution >= 0.6 is 0 Å². The molecule has 0 amide bonds. The molecule has 82 valence electrons. The number of rotatable bonds is 3. The molecule has 15 heavy (non-hydrogen) atoms. The Morgan fingerprint density at radius 3 is 2.80 bits per heavy atom. The molecule has 0 radical (unpaired) electrons. The second-order valence-corrected chi connectivity index (χ2v) is 2.50. The molecule has 0 aliphatic carbocycles. The van der Waals surface area contributed by atoms with Gasteiger partial charge in [0.2, 0.25) is 5.88 Å². The summed E-state index contributed by atoms with van der Waals surface area (Å²) in [5, 5.41) is 2.94. The second-order valence-electron chi connectivity index (χ2n) is 2.50. The fourth-order valence-electron chi connectivity index (χ4n) is 0.755. The van der Waals surface area contributed by atoms with Gasteiger partial charge in [-0.2, -0.15) is 0 Å². The minimum atomic E-state index is 0.574. The number of hydrogen-bond acceptors (Lipinski definition) is 4. The van der Waals surface area contributed by atoms with E-state index in [2.05, 4.69) is 16.9 Å². The third kappa shape index (κ3) is 6.15. The molecular formula is C11H17N3O. The smallest absolute Gasteiger partial charge is 0.214 e. The summed E-state index contributed by atoms with van der Waals surface area (Å²) in [4.78, 5) is 3.95. The number of nitrogens with two attached hydrogens (primary N) is 1. The summed E-state index contributed by atoms with van der Waals surface area (Å²) >= 11 is 0. The molecule has 0 atom stereocenters. The number of allylic oxidation sites excluding steroid dienone is 1. The van der Waals surface area contributed by atoms with E-state index in [9.17, 15) is 0 Å². The van der Waals surface area contributed by atoms with Crippen LogP contribution in [0.1, 0.15) is 6.92 Å². The van der Waals surface area contributed by atoms with Crippen LogP contribution in [0.5, 0.6) is 5.88 Å². The van der Waals surface area contributed by atoms with E-state index in [4.69, 9.17) is 10.5 Å². The molecule has 4 heteroatoms. The Bertz CT molecular complexity index is 310. The van der Waals surface area contributed by atoms with Gasteiger partial charge in [-0.05, 0) is 13.0 Å². The maximum absolute atomic E-state index is 5.16. The highest BCUT2D eigenvalue weighted by molar-refractivity contribution is 5.46. The van der Waals surface area contributed by atoms with Gasteiger partial charge in [0, 0.05) is 30.4 Å². The van der Waals surface area contributed by atoms with Crippen LogP contribution < -0.4 is 15.8 Å². The van der Waals surface area contributed by atoms with E-state index in [0.717, 1.165) is 5.69 Å². The van der Waals surface area contributed by atoms with Crippen LogP contribution in [0.25, 0.3) is 0 Å². The molecule has 1 aromatic heterocycles. The molecule has 1 rings (SSSR count). The Morgan fingerprint density at radius 1 is 1.60 bits per heavy atom. The number of hydrogen-bond donors (Lipinski definition) is 2. The first-order valence-corrected chi connectivity index (χ1v) is 4.48. The van der Waals surface area contributed by atoms with Crippen molar-refractivity contribution in [3.63, 3.8) is 0 Å². The van der Waals surface area contributed by atoms with Crippen molar-refractivity contribution < 1.29 is 4.74 Å².